The third kappa shape index (κ3) is 7.03. The third-order valence-electron chi connectivity index (χ3n) is 3.40. The first-order chi connectivity index (χ1) is 11.5. The molecule has 1 atom stereocenters. The highest BCUT2D eigenvalue weighted by molar-refractivity contribution is 6.18. The highest BCUT2D eigenvalue weighted by Crippen LogP contribution is 2.21. The molecule has 24 heavy (non-hydrogen) atoms. The summed E-state index contributed by atoms with van der Waals surface area (Å²) in [5.74, 6) is 1.33. The van der Waals surface area contributed by atoms with Crippen molar-refractivity contribution < 1.29 is 14.5 Å². The van der Waals surface area contributed by atoms with Crippen LogP contribution in [0.5, 0.6) is 5.75 Å². The van der Waals surface area contributed by atoms with E-state index >= 15 is 0 Å². The number of hydrogen-bond donors (Lipinski definition) is 0. The molecule has 1 unspecified atom stereocenters. The third-order valence-corrected chi connectivity index (χ3v) is 3.74. The van der Waals surface area contributed by atoms with Crippen LogP contribution in [-0.4, -0.2) is 46.7 Å². The van der Waals surface area contributed by atoms with Crippen molar-refractivity contribution in [3.05, 3.63) is 34.4 Å². The Hall–Kier alpha value is -1.37. The highest BCUT2D eigenvalue weighted by atomic mass is 35.5. The maximum absolute atomic E-state index is 12.0. The van der Waals surface area contributed by atoms with Gasteiger partial charge in [0.05, 0.1) is 11.3 Å². The molecule has 0 amide bonds. The van der Waals surface area contributed by atoms with Gasteiger partial charge >= 0.3 is 0 Å². The van der Waals surface area contributed by atoms with Crippen LogP contribution in [0.1, 0.15) is 26.2 Å². The van der Waals surface area contributed by atoms with Crippen LogP contribution < -0.4 is 4.74 Å². The van der Waals surface area contributed by atoms with Gasteiger partial charge in [-0.25, -0.2) is 0 Å². The van der Waals surface area contributed by atoms with Crippen LogP contribution in [0, 0.1) is 10.1 Å². The molecule has 0 aliphatic heterocycles. The maximum atomic E-state index is 12.0. The fourth-order valence-corrected chi connectivity index (χ4v) is 2.68. The minimum absolute atomic E-state index is 0.0145. The summed E-state index contributed by atoms with van der Waals surface area (Å²) in [7, 11) is 0. The number of ketones is 1. The molecule has 0 saturated carbocycles. The number of nitrogens with zero attached hydrogens (tertiary/aromatic N) is 2. The number of non-ortho nitro benzene ring substituents is 1. The van der Waals surface area contributed by atoms with E-state index in [4.69, 9.17) is 27.9 Å². The fraction of sp³-hybridized carbons (Fsp3) is 0.562. The zero-order valence-corrected chi connectivity index (χ0v) is 15.1. The van der Waals surface area contributed by atoms with Gasteiger partial charge in [-0.2, -0.15) is 0 Å². The van der Waals surface area contributed by atoms with Crippen molar-refractivity contribution in [1.29, 1.82) is 0 Å². The van der Waals surface area contributed by atoms with E-state index in [2.05, 4.69) is 0 Å². The van der Waals surface area contributed by atoms with Crippen LogP contribution in [0.15, 0.2) is 24.3 Å². The summed E-state index contributed by atoms with van der Waals surface area (Å²) in [6, 6.07) is 5.78. The summed E-state index contributed by atoms with van der Waals surface area (Å²) in [6.07, 6.45) is 0.977. The molecule has 6 nitrogen and oxygen atoms in total. The molecule has 1 aromatic rings. The van der Waals surface area contributed by atoms with Crippen molar-refractivity contribution in [2.45, 2.75) is 32.4 Å². The fourth-order valence-electron chi connectivity index (χ4n) is 2.24. The van der Waals surface area contributed by atoms with E-state index in [0.717, 1.165) is 6.42 Å². The van der Waals surface area contributed by atoms with Crippen LogP contribution in [0.3, 0.4) is 0 Å². The molecule has 0 spiro atoms. The van der Waals surface area contributed by atoms with E-state index in [1.165, 1.54) is 24.3 Å². The number of Topliss-reactive ketones (excluding diaryl/α,β-unsaturated/α-hetero) is 1. The maximum Gasteiger partial charge on any atom is 0.269 e. The average molecular weight is 377 g/mol. The van der Waals surface area contributed by atoms with Gasteiger partial charge in [-0.3, -0.25) is 19.8 Å². The number of nitro benzene ring substituents is 1. The summed E-state index contributed by atoms with van der Waals surface area (Å²) >= 11 is 11.7. The van der Waals surface area contributed by atoms with Crippen LogP contribution in [0.2, 0.25) is 0 Å². The quantitative estimate of drug-likeness (QED) is 0.240. The number of carbonyl (C=O) groups excluding carboxylic acids is 1. The molecule has 0 aliphatic rings. The summed E-state index contributed by atoms with van der Waals surface area (Å²) < 4.78 is 5.90. The molecule has 0 aliphatic carbocycles. The molecule has 0 N–H and O–H groups in total. The SMILES string of the molecule is CCCC(=O)CC(Oc1ccc([N+](=O)[O-])cc1)N(CCCl)CCCl. The normalized spacial score (nSPS) is 12.2. The van der Waals surface area contributed by atoms with E-state index in [-0.39, 0.29) is 17.9 Å². The Kier molecular flexibility index (Phi) is 9.67. The highest BCUT2D eigenvalue weighted by Gasteiger charge is 2.22. The van der Waals surface area contributed by atoms with Crippen LogP contribution in [0.25, 0.3) is 0 Å². The monoisotopic (exact) mass is 376 g/mol. The topological polar surface area (TPSA) is 72.7 Å². The lowest BCUT2D eigenvalue weighted by Gasteiger charge is -2.30. The molecule has 0 radical (unpaired) electrons. The molecule has 1 aromatic carbocycles. The Balaban J connectivity index is 2.89. The zero-order valence-electron chi connectivity index (χ0n) is 13.6. The van der Waals surface area contributed by atoms with Crippen LogP contribution in [-0.2, 0) is 4.79 Å². The van der Waals surface area contributed by atoms with Gasteiger partial charge in [0, 0.05) is 43.4 Å². The lowest BCUT2D eigenvalue weighted by Crippen LogP contribution is -2.43. The van der Waals surface area contributed by atoms with Crippen molar-refractivity contribution >= 4 is 34.7 Å². The first-order valence-electron chi connectivity index (χ1n) is 7.80. The van der Waals surface area contributed by atoms with Crippen LogP contribution >= 0.6 is 23.2 Å². The first kappa shape index (κ1) is 20.7. The summed E-state index contributed by atoms with van der Waals surface area (Å²) in [4.78, 5) is 24.2. The Morgan fingerprint density at radius 2 is 1.83 bits per heavy atom. The number of ether oxygens (including phenoxy) is 1. The van der Waals surface area contributed by atoms with Crippen molar-refractivity contribution in [3.63, 3.8) is 0 Å². The van der Waals surface area contributed by atoms with Gasteiger partial charge in [-0.05, 0) is 18.6 Å². The van der Waals surface area contributed by atoms with E-state index in [1.54, 1.807) is 0 Å². The summed E-state index contributed by atoms with van der Waals surface area (Å²) in [5.41, 5.74) is -0.0145. The Labute approximate surface area is 151 Å². The van der Waals surface area contributed by atoms with Gasteiger partial charge in [0.15, 0.2) is 6.23 Å². The Morgan fingerprint density at radius 1 is 1.25 bits per heavy atom. The Morgan fingerprint density at radius 3 is 2.29 bits per heavy atom. The first-order valence-corrected chi connectivity index (χ1v) is 8.87. The predicted octanol–water partition coefficient (Wildman–Crippen LogP) is 3.84. The molecule has 8 heteroatoms. The number of carbonyl (C=O) groups is 1. The number of rotatable bonds is 12. The van der Waals surface area contributed by atoms with E-state index in [1.807, 2.05) is 11.8 Å². The standard InChI is InChI=1S/C16H22Cl2N2O4/c1-2-3-14(21)12-16(19(10-8-17)11-9-18)24-15-6-4-13(5-7-15)20(22)23/h4-7,16H,2-3,8-12H2,1H3. The minimum Gasteiger partial charge on any atom is -0.475 e. The van der Waals surface area contributed by atoms with Crippen molar-refractivity contribution in [2.75, 3.05) is 24.8 Å². The van der Waals surface area contributed by atoms with E-state index in [0.29, 0.717) is 37.0 Å². The van der Waals surface area contributed by atoms with Crippen molar-refractivity contribution in [3.8, 4) is 5.75 Å². The molecule has 0 heterocycles. The average Bonchev–Trinajstić information content (AvgIpc) is 2.55. The lowest BCUT2D eigenvalue weighted by molar-refractivity contribution is -0.384. The largest absolute Gasteiger partial charge is 0.475 e. The second-order valence-electron chi connectivity index (χ2n) is 5.23. The van der Waals surface area contributed by atoms with Gasteiger partial charge in [-0.15, -0.1) is 23.2 Å². The molecule has 1 rings (SSSR count). The van der Waals surface area contributed by atoms with Gasteiger partial charge in [-0.1, -0.05) is 6.92 Å². The van der Waals surface area contributed by atoms with Gasteiger partial charge in [0.1, 0.15) is 11.5 Å². The molecule has 134 valence electrons. The van der Waals surface area contributed by atoms with Gasteiger partial charge < -0.3 is 4.74 Å². The molecule has 0 aromatic heterocycles. The van der Waals surface area contributed by atoms with Gasteiger partial charge in [0.25, 0.3) is 5.69 Å². The number of nitro groups is 1. The molecular formula is C16H22Cl2N2O4. The Bertz CT molecular complexity index is 519. The van der Waals surface area contributed by atoms with E-state index < -0.39 is 11.2 Å². The predicted molar refractivity (Wildman–Crippen MR) is 95.1 cm³/mol. The smallest absolute Gasteiger partial charge is 0.269 e. The number of halogens is 2. The molecule has 0 saturated heterocycles. The van der Waals surface area contributed by atoms with Crippen molar-refractivity contribution in [2.24, 2.45) is 0 Å². The van der Waals surface area contributed by atoms with Gasteiger partial charge in [0.2, 0.25) is 0 Å². The summed E-state index contributed by atoms with van der Waals surface area (Å²) in [6.45, 7) is 3.01. The number of hydrogen-bond acceptors (Lipinski definition) is 5. The second kappa shape index (κ2) is 11.2. The van der Waals surface area contributed by atoms with Crippen molar-refractivity contribution in [1.82, 2.24) is 4.90 Å². The lowest BCUT2D eigenvalue weighted by atomic mass is 10.1. The molecule has 0 bridgehead atoms. The minimum atomic E-state index is -0.497. The second-order valence-corrected chi connectivity index (χ2v) is 5.99. The zero-order chi connectivity index (χ0) is 17.9. The summed E-state index contributed by atoms with van der Waals surface area (Å²) in [5, 5.41) is 10.7. The molecular weight excluding hydrogens is 355 g/mol. The number of alkyl halides is 2. The number of benzene rings is 1. The van der Waals surface area contributed by atoms with E-state index in [9.17, 15) is 14.9 Å². The van der Waals surface area contributed by atoms with Crippen LogP contribution in [0.4, 0.5) is 5.69 Å². The molecule has 0 fully saturated rings.